The normalized spacial score (nSPS) is 17.5. The number of nitrogens with zero attached hydrogens (tertiary/aromatic N) is 3. The van der Waals surface area contributed by atoms with Crippen molar-refractivity contribution >= 4 is 17.5 Å². The molecule has 5 nitrogen and oxygen atoms in total. The second kappa shape index (κ2) is 6.54. The molecule has 1 aliphatic rings. The molecule has 7 heteroatoms. The summed E-state index contributed by atoms with van der Waals surface area (Å²) in [5.74, 6) is -1.66. The molecule has 1 heterocycles. The van der Waals surface area contributed by atoms with E-state index in [1.807, 2.05) is 27.7 Å². The molecule has 0 aliphatic heterocycles. The SMILES string of the molecule is CC(C)Nc1nc(NC(C)C)nc(C2=CC(F)(F)CCC2)n1. The van der Waals surface area contributed by atoms with Gasteiger partial charge in [-0.15, -0.1) is 0 Å². The van der Waals surface area contributed by atoms with Crippen molar-refractivity contribution in [3.8, 4) is 0 Å². The maximum Gasteiger partial charge on any atom is 0.267 e. The summed E-state index contributed by atoms with van der Waals surface area (Å²) in [5.41, 5.74) is 0.484. The van der Waals surface area contributed by atoms with Crippen LogP contribution in [0.25, 0.3) is 5.57 Å². The highest BCUT2D eigenvalue weighted by Crippen LogP contribution is 2.35. The standard InChI is InChI=1S/C15H23F2N5/c1-9(2)18-13-20-12(21-14(22-13)19-10(3)4)11-6-5-7-15(16,17)8-11/h8-10H,5-7H2,1-4H3,(H2,18,19,20,21,22). The van der Waals surface area contributed by atoms with Crippen molar-refractivity contribution in [2.75, 3.05) is 10.6 Å². The second-order valence-corrected chi connectivity index (χ2v) is 6.19. The molecule has 0 saturated heterocycles. The number of hydrogen-bond acceptors (Lipinski definition) is 5. The molecular weight excluding hydrogens is 288 g/mol. The van der Waals surface area contributed by atoms with Gasteiger partial charge in [0.1, 0.15) is 0 Å². The van der Waals surface area contributed by atoms with Gasteiger partial charge in [0, 0.05) is 18.5 Å². The van der Waals surface area contributed by atoms with Crippen LogP contribution < -0.4 is 10.6 Å². The van der Waals surface area contributed by atoms with Crippen LogP contribution in [-0.2, 0) is 0 Å². The number of aromatic nitrogens is 3. The van der Waals surface area contributed by atoms with Crippen LogP contribution in [0.5, 0.6) is 0 Å². The summed E-state index contributed by atoms with van der Waals surface area (Å²) < 4.78 is 27.2. The van der Waals surface area contributed by atoms with Gasteiger partial charge in [0.15, 0.2) is 5.82 Å². The number of halogens is 2. The van der Waals surface area contributed by atoms with E-state index < -0.39 is 5.92 Å². The van der Waals surface area contributed by atoms with Gasteiger partial charge in [0.2, 0.25) is 11.9 Å². The van der Waals surface area contributed by atoms with Crippen LogP contribution in [-0.4, -0.2) is 33.0 Å². The fourth-order valence-electron chi connectivity index (χ4n) is 2.26. The summed E-state index contributed by atoms with van der Waals surface area (Å²) in [5, 5.41) is 6.20. The first kappa shape index (κ1) is 16.6. The van der Waals surface area contributed by atoms with E-state index in [4.69, 9.17) is 0 Å². The van der Waals surface area contributed by atoms with Gasteiger partial charge in [-0.1, -0.05) is 0 Å². The maximum absolute atomic E-state index is 13.6. The molecule has 0 radical (unpaired) electrons. The first-order valence-electron chi connectivity index (χ1n) is 7.64. The Balaban J connectivity index is 2.38. The first-order valence-corrected chi connectivity index (χ1v) is 7.64. The lowest BCUT2D eigenvalue weighted by Crippen LogP contribution is -2.20. The molecule has 0 fully saturated rings. The summed E-state index contributed by atoms with van der Waals surface area (Å²) in [6, 6.07) is 0.285. The van der Waals surface area contributed by atoms with Crippen molar-refractivity contribution in [1.82, 2.24) is 15.0 Å². The Morgan fingerprint density at radius 1 is 1.00 bits per heavy atom. The van der Waals surface area contributed by atoms with E-state index >= 15 is 0 Å². The molecule has 1 aliphatic carbocycles. The van der Waals surface area contributed by atoms with Crippen molar-refractivity contribution < 1.29 is 8.78 Å². The molecule has 0 saturated carbocycles. The van der Waals surface area contributed by atoms with E-state index in [1.54, 1.807) is 0 Å². The highest BCUT2D eigenvalue weighted by molar-refractivity contribution is 5.63. The van der Waals surface area contributed by atoms with E-state index in [0.717, 1.165) is 6.08 Å². The Morgan fingerprint density at radius 2 is 1.55 bits per heavy atom. The van der Waals surface area contributed by atoms with Crippen molar-refractivity contribution in [1.29, 1.82) is 0 Å². The minimum Gasteiger partial charge on any atom is -0.352 e. The molecule has 1 aromatic rings. The second-order valence-electron chi connectivity index (χ2n) is 6.19. The highest BCUT2D eigenvalue weighted by atomic mass is 19.3. The molecule has 0 bridgehead atoms. The molecule has 0 spiro atoms. The van der Waals surface area contributed by atoms with Gasteiger partial charge in [-0.05, 0) is 52.2 Å². The van der Waals surface area contributed by atoms with E-state index in [-0.39, 0.29) is 18.5 Å². The number of anilines is 2. The van der Waals surface area contributed by atoms with E-state index in [9.17, 15) is 8.78 Å². The molecular formula is C15H23F2N5. The Kier molecular flexibility index (Phi) is 4.93. The molecule has 2 N–H and O–H groups in total. The average molecular weight is 311 g/mol. The topological polar surface area (TPSA) is 62.7 Å². The lowest BCUT2D eigenvalue weighted by atomic mass is 9.96. The Morgan fingerprint density at radius 3 is 2.00 bits per heavy atom. The third-order valence-corrected chi connectivity index (χ3v) is 3.10. The molecule has 0 amide bonds. The number of allylic oxidation sites excluding steroid dienone is 2. The van der Waals surface area contributed by atoms with Crippen LogP contribution in [0.2, 0.25) is 0 Å². The van der Waals surface area contributed by atoms with E-state index in [0.29, 0.717) is 36.1 Å². The van der Waals surface area contributed by atoms with Gasteiger partial charge >= 0.3 is 0 Å². The third-order valence-electron chi connectivity index (χ3n) is 3.10. The van der Waals surface area contributed by atoms with Crippen LogP contribution >= 0.6 is 0 Å². The lowest BCUT2D eigenvalue weighted by molar-refractivity contribution is 0.0403. The summed E-state index contributed by atoms with van der Waals surface area (Å²) in [6.07, 6.45) is 1.87. The van der Waals surface area contributed by atoms with Gasteiger partial charge < -0.3 is 10.6 Å². The highest BCUT2D eigenvalue weighted by Gasteiger charge is 2.31. The number of hydrogen-bond donors (Lipinski definition) is 2. The Labute approximate surface area is 129 Å². The Hall–Kier alpha value is -1.79. The van der Waals surface area contributed by atoms with Crippen molar-refractivity contribution in [2.24, 2.45) is 0 Å². The minimum atomic E-state index is -2.78. The molecule has 2 rings (SSSR count). The van der Waals surface area contributed by atoms with Crippen LogP contribution in [0.1, 0.15) is 52.8 Å². The molecule has 0 atom stereocenters. The predicted octanol–water partition coefficient (Wildman–Crippen LogP) is 3.71. The van der Waals surface area contributed by atoms with Gasteiger partial charge in [0.05, 0.1) is 0 Å². The monoisotopic (exact) mass is 311 g/mol. The van der Waals surface area contributed by atoms with Gasteiger partial charge in [-0.2, -0.15) is 15.0 Å². The maximum atomic E-state index is 13.6. The molecule has 0 aromatic carbocycles. The quantitative estimate of drug-likeness (QED) is 0.868. The minimum absolute atomic E-state index is 0.115. The lowest BCUT2D eigenvalue weighted by Gasteiger charge is -2.21. The molecule has 0 unspecified atom stereocenters. The summed E-state index contributed by atoms with van der Waals surface area (Å²) in [4.78, 5) is 12.9. The van der Waals surface area contributed by atoms with Gasteiger partial charge in [0.25, 0.3) is 5.92 Å². The zero-order chi connectivity index (χ0) is 16.3. The van der Waals surface area contributed by atoms with Crippen molar-refractivity contribution in [3.63, 3.8) is 0 Å². The zero-order valence-corrected chi connectivity index (χ0v) is 13.5. The van der Waals surface area contributed by atoms with E-state index in [2.05, 4.69) is 25.6 Å². The molecule has 122 valence electrons. The third kappa shape index (κ3) is 4.61. The smallest absolute Gasteiger partial charge is 0.267 e. The Bertz CT molecular complexity index is 527. The molecule has 22 heavy (non-hydrogen) atoms. The fourth-order valence-corrected chi connectivity index (χ4v) is 2.26. The van der Waals surface area contributed by atoms with Gasteiger partial charge in [-0.3, -0.25) is 0 Å². The zero-order valence-electron chi connectivity index (χ0n) is 13.5. The van der Waals surface area contributed by atoms with E-state index in [1.165, 1.54) is 0 Å². The molecule has 1 aromatic heterocycles. The van der Waals surface area contributed by atoms with Crippen LogP contribution in [0.3, 0.4) is 0 Å². The predicted molar refractivity (Wildman–Crippen MR) is 84.1 cm³/mol. The number of nitrogens with one attached hydrogen (secondary N) is 2. The van der Waals surface area contributed by atoms with Crippen LogP contribution in [0.4, 0.5) is 20.7 Å². The van der Waals surface area contributed by atoms with Crippen molar-refractivity contribution in [2.45, 2.75) is 65.0 Å². The summed E-state index contributed by atoms with van der Waals surface area (Å²) in [7, 11) is 0. The fraction of sp³-hybridized carbons (Fsp3) is 0.667. The largest absolute Gasteiger partial charge is 0.352 e. The van der Waals surface area contributed by atoms with Crippen LogP contribution in [0.15, 0.2) is 6.08 Å². The summed E-state index contributed by atoms with van der Waals surface area (Å²) >= 11 is 0. The number of rotatable bonds is 5. The number of alkyl halides is 2. The average Bonchev–Trinajstić information content (AvgIpc) is 2.35. The van der Waals surface area contributed by atoms with Crippen LogP contribution in [0, 0.1) is 0 Å². The first-order chi connectivity index (χ1) is 10.2. The summed E-state index contributed by atoms with van der Waals surface area (Å²) in [6.45, 7) is 7.86. The van der Waals surface area contributed by atoms with Gasteiger partial charge in [-0.25, -0.2) is 8.78 Å². The van der Waals surface area contributed by atoms with Crippen molar-refractivity contribution in [3.05, 3.63) is 11.9 Å².